The lowest BCUT2D eigenvalue weighted by molar-refractivity contribution is -0.153. The third-order valence-corrected chi connectivity index (χ3v) is 4.02. The SMILES string of the molecule is Cc1ccc(C)c(OCCC(=O)O[C@H](C)C(=O)Nc2ccc(C(N)=O)cc2)c1. The Hall–Kier alpha value is -3.35. The fourth-order valence-electron chi connectivity index (χ4n) is 2.38. The number of carbonyl (C=O) groups is 3. The number of ether oxygens (including phenoxy) is 2. The number of benzene rings is 2. The van der Waals surface area contributed by atoms with Crippen molar-refractivity contribution in [3.63, 3.8) is 0 Å². The summed E-state index contributed by atoms with van der Waals surface area (Å²) in [4.78, 5) is 35.1. The predicted molar refractivity (Wildman–Crippen MR) is 105 cm³/mol. The lowest BCUT2D eigenvalue weighted by Crippen LogP contribution is -2.30. The molecule has 7 nitrogen and oxygen atoms in total. The van der Waals surface area contributed by atoms with E-state index in [1.807, 2.05) is 32.0 Å². The molecule has 148 valence electrons. The van der Waals surface area contributed by atoms with Crippen molar-refractivity contribution in [2.24, 2.45) is 5.73 Å². The van der Waals surface area contributed by atoms with E-state index < -0.39 is 23.9 Å². The molecule has 0 fully saturated rings. The van der Waals surface area contributed by atoms with E-state index in [-0.39, 0.29) is 13.0 Å². The summed E-state index contributed by atoms with van der Waals surface area (Å²) in [6, 6.07) is 11.9. The largest absolute Gasteiger partial charge is 0.493 e. The van der Waals surface area contributed by atoms with Crippen LogP contribution in [0, 0.1) is 13.8 Å². The van der Waals surface area contributed by atoms with E-state index in [4.69, 9.17) is 15.2 Å². The summed E-state index contributed by atoms with van der Waals surface area (Å²) in [6.45, 7) is 5.53. The average molecular weight is 384 g/mol. The van der Waals surface area contributed by atoms with E-state index in [1.54, 1.807) is 12.1 Å². The number of nitrogens with two attached hydrogens (primary N) is 1. The molecule has 0 heterocycles. The summed E-state index contributed by atoms with van der Waals surface area (Å²) in [5, 5.41) is 2.61. The van der Waals surface area contributed by atoms with Crippen LogP contribution in [-0.4, -0.2) is 30.5 Å². The number of primary amides is 1. The highest BCUT2D eigenvalue weighted by Gasteiger charge is 2.18. The third-order valence-electron chi connectivity index (χ3n) is 4.02. The fourth-order valence-corrected chi connectivity index (χ4v) is 2.38. The van der Waals surface area contributed by atoms with Crippen LogP contribution in [0.5, 0.6) is 5.75 Å². The van der Waals surface area contributed by atoms with E-state index in [1.165, 1.54) is 19.1 Å². The second-order valence-electron chi connectivity index (χ2n) is 6.43. The second kappa shape index (κ2) is 9.55. The van der Waals surface area contributed by atoms with Crippen LogP contribution in [0.2, 0.25) is 0 Å². The zero-order valence-corrected chi connectivity index (χ0v) is 16.2. The number of hydrogen-bond donors (Lipinski definition) is 2. The Morgan fingerprint density at radius 3 is 2.39 bits per heavy atom. The first-order valence-corrected chi connectivity index (χ1v) is 8.86. The van der Waals surface area contributed by atoms with Crippen LogP contribution in [0.4, 0.5) is 5.69 Å². The molecular formula is C21H24N2O5. The first kappa shape index (κ1) is 21.0. The second-order valence-corrected chi connectivity index (χ2v) is 6.43. The Kier molecular flexibility index (Phi) is 7.14. The molecule has 0 radical (unpaired) electrons. The molecule has 0 aliphatic carbocycles. The maximum Gasteiger partial charge on any atom is 0.310 e. The molecule has 1 atom stereocenters. The zero-order valence-electron chi connectivity index (χ0n) is 16.2. The number of anilines is 1. The summed E-state index contributed by atoms with van der Waals surface area (Å²) < 4.78 is 10.8. The van der Waals surface area contributed by atoms with E-state index in [2.05, 4.69) is 5.32 Å². The summed E-state index contributed by atoms with van der Waals surface area (Å²) in [6.07, 6.45) is -0.942. The molecule has 0 bridgehead atoms. The maximum atomic E-state index is 12.1. The van der Waals surface area contributed by atoms with E-state index in [9.17, 15) is 14.4 Å². The van der Waals surface area contributed by atoms with Gasteiger partial charge >= 0.3 is 5.97 Å². The standard InChI is InChI=1S/C21H24N2O5/c1-13-4-5-14(2)18(12-13)27-11-10-19(24)28-15(3)21(26)23-17-8-6-16(7-9-17)20(22)25/h4-9,12,15H,10-11H2,1-3H3,(H2,22,25)(H,23,26)/t15-/m1/s1. The minimum absolute atomic E-state index is 0.0261. The number of nitrogens with one attached hydrogen (secondary N) is 1. The monoisotopic (exact) mass is 384 g/mol. The van der Waals surface area contributed by atoms with E-state index in [0.29, 0.717) is 11.3 Å². The summed E-state index contributed by atoms with van der Waals surface area (Å²) >= 11 is 0. The van der Waals surface area contributed by atoms with Crippen molar-refractivity contribution >= 4 is 23.5 Å². The van der Waals surface area contributed by atoms with Crippen molar-refractivity contribution < 1.29 is 23.9 Å². The van der Waals surface area contributed by atoms with Gasteiger partial charge in [0.15, 0.2) is 6.10 Å². The number of rotatable bonds is 8. The third kappa shape index (κ3) is 6.12. The molecule has 0 aromatic heterocycles. The van der Waals surface area contributed by atoms with Gasteiger partial charge in [-0.3, -0.25) is 14.4 Å². The molecule has 0 aliphatic heterocycles. The normalized spacial score (nSPS) is 11.4. The molecule has 0 saturated heterocycles. The Labute approximate surface area is 163 Å². The first-order chi connectivity index (χ1) is 13.3. The highest BCUT2D eigenvalue weighted by atomic mass is 16.5. The fraction of sp³-hybridized carbons (Fsp3) is 0.286. The molecule has 2 amide bonds. The van der Waals surface area contributed by atoms with Crippen LogP contribution >= 0.6 is 0 Å². The molecule has 28 heavy (non-hydrogen) atoms. The quantitative estimate of drug-likeness (QED) is 0.681. The number of carbonyl (C=O) groups excluding carboxylic acids is 3. The summed E-state index contributed by atoms with van der Waals surface area (Å²) in [5.41, 5.74) is 8.02. The Bertz CT molecular complexity index is 862. The Morgan fingerprint density at radius 1 is 1.07 bits per heavy atom. The molecule has 0 aliphatic rings. The van der Waals surface area contributed by atoms with Crippen LogP contribution < -0.4 is 15.8 Å². The maximum absolute atomic E-state index is 12.1. The highest BCUT2D eigenvalue weighted by Crippen LogP contribution is 2.19. The number of amides is 2. The van der Waals surface area contributed by atoms with Crippen LogP contribution in [0.15, 0.2) is 42.5 Å². The minimum atomic E-state index is -0.968. The van der Waals surface area contributed by atoms with Crippen LogP contribution in [0.1, 0.15) is 34.8 Å². The van der Waals surface area contributed by atoms with Gasteiger partial charge in [-0.2, -0.15) is 0 Å². The Balaban J connectivity index is 1.78. The molecule has 0 spiro atoms. The minimum Gasteiger partial charge on any atom is -0.493 e. The summed E-state index contributed by atoms with van der Waals surface area (Å²) in [7, 11) is 0. The lowest BCUT2D eigenvalue weighted by atomic mass is 10.1. The lowest BCUT2D eigenvalue weighted by Gasteiger charge is -2.14. The van der Waals surface area contributed by atoms with Gasteiger partial charge in [0.05, 0.1) is 13.0 Å². The topological polar surface area (TPSA) is 108 Å². The van der Waals surface area contributed by atoms with Gasteiger partial charge in [-0.15, -0.1) is 0 Å². The Morgan fingerprint density at radius 2 is 1.75 bits per heavy atom. The molecule has 7 heteroatoms. The number of aryl methyl sites for hydroxylation is 2. The van der Waals surface area contributed by atoms with Gasteiger partial charge in [0, 0.05) is 11.3 Å². The van der Waals surface area contributed by atoms with Gasteiger partial charge < -0.3 is 20.5 Å². The van der Waals surface area contributed by atoms with Crippen LogP contribution in [-0.2, 0) is 14.3 Å². The number of esters is 1. The molecule has 0 unspecified atom stereocenters. The van der Waals surface area contributed by atoms with Gasteiger partial charge in [0.1, 0.15) is 5.75 Å². The number of hydrogen-bond acceptors (Lipinski definition) is 5. The predicted octanol–water partition coefficient (Wildman–Crippen LogP) is 2.74. The van der Waals surface area contributed by atoms with Crippen molar-refractivity contribution in [3.05, 3.63) is 59.2 Å². The van der Waals surface area contributed by atoms with Gasteiger partial charge in [-0.25, -0.2) is 0 Å². The van der Waals surface area contributed by atoms with Crippen molar-refractivity contribution in [1.82, 2.24) is 0 Å². The van der Waals surface area contributed by atoms with E-state index in [0.717, 1.165) is 16.9 Å². The molecule has 2 rings (SSSR count). The van der Waals surface area contributed by atoms with Gasteiger partial charge in [0.2, 0.25) is 5.91 Å². The van der Waals surface area contributed by atoms with Crippen molar-refractivity contribution in [2.45, 2.75) is 33.3 Å². The average Bonchev–Trinajstić information content (AvgIpc) is 2.64. The molecule has 2 aromatic carbocycles. The van der Waals surface area contributed by atoms with Crippen LogP contribution in [0.25, 0.3) is 0 Å². The molecule has 2 aromatic rings. The van der Waals surface area contributed by atoms with Crippen LogP contribution in [0.3, 0.4) is 0 Å². The zero-order chi connectivity index (χ0) is 20.7. The van der Waals surface area contributed by atoms with Crippen molar-refractivity contribution in [1.29, 1.82) is 0 Å². The highest BCUT2D eigenvalue weighted by molar-refractivity contribution is 5.96. The first-order valence-electron chi connectivity index (χ1n) is 8.86. The van der Waals surface area contributed by atoms with E-state index >= 15 is 0 Å². The van der Waals surface area contributed by atoms with Gasteiger partial charge in [-0.1, -0.05) is 12.1 Å². The molecular weight excluding hydrogens is 360 g/mol. The van der Waals surface area contributed by atoms with Crippen molar-refractivity contribution in [2.75, 3.05) is 11.9 Å². The van der Waals surface area contributed by atoms with Gasteiger partial charge in [-0.05, 0) is 62.2 Å². The van der Waals surface area contributed by atoms with Gasteiger partial charge in [0.25, 0.3) is 5.91 Å². The molecule has 3 N–H and O–H groups in total. The van der Waals surface area contributed by atoms with Crippen molar-refractivity contribution in [3.8, 4) is 5.75 Å². The smallest absolute Gasteiger partial charge is 0.310 e. The summed E-state index contributed by atoms with van der Waals surface area (Å²) in [5.74, 6) is -0.839. The molecule has 0 saturated carbocycles.